The molecule has 2 heterocycles. The van der Waals surface area contributed by atoms with E-state index in [1.54, 1.807) is 7.11 Å². The highest BCUT2D eigenvalue weighted by Crippen LogP contribution is 2.38. The minimum Gasteiger partial charge on any atom is -0.486 e. The molecule has 2 N–H and O–H groups in total. The third kappa shape index (κ3) is 3.94. The molecule has 0 saturated carbocycles. The molecule has 0 aromatic heterocycles. The van der Waals surface area contributed by atoms with Gasteiger partial charge < -0.3 is 24.8 Å². The van der Waals surface area contributed by atoms with E-state index in [1.807, 2.05) is 23.1 Å². The number of likely N-dealkylation sites (tertiary alicyclic amines) is 1. The normalized spacial score (nSPS) is 20.4. The lowest BCUT2D eigenvalue weighted by Crippen LogP contribution is -2.35. The van der Waals surface area contributed by atoms with E-state index in [0.29, 0.717) is 26.2 Å². The van der Waals surface area contributed by atoms with E-state index in [4.69, 9.17) is 19.9 Å². The van der Waals surface area contributed by atoms with Gasteiger partial charge in [0.1, 0.15) is 13.2 Å². The quantitative estimate of drug-likeness (QED) is 0.872. The Morgan fingerprint density at radius 2 is 2.12 bits per heavy atom. The summed E-state index contributed by atoms with van der Waals surface area (Å²) in [5, 5.41) is 0. The molecular weight excluding hydrogens is 332 g/mol. The van der Waals surface area contributed by atoms with Gasteiger partial charge in [-0.25, -0.2) is 0 Å². The summed E-state index contributed by atoms with van der Waals surface area (Å²) in [5.41, 5.74) is 6.73. The average Bonchev–Trinajstić information content (AvgIpc) is 3.09. The summed E-state index contributed by atoms with van der Waals surface area (Å²) in [6.07, 6.45) is 2.08. The molecule has 0 aliphatic carbocycles. The minimum absolute atomic E-state index is 0. The molecule has 2 unspecified atom stereocenters. The van der Waals surface area contributed by atoms with Crippen LogP contribution >= 0.6 is 12.4 Å². The lowest BCUT2D eigenvalue weighted by Gasteiger charge is -2.28. The molecule has 1 saturated heterocycles. The van der Waals surface area contributed by atoms with Crippen LogP contribution in [0.4, 0.5) is 0 Å². The van der Waals surface area contributed by atoms with Crippen LogP contribution in [0.25, 0.3) is 0 Å². The van der Waals surface area contributed by atoms with E-state index >= 15 is 0 Å². The molecule has 6 nitrogen and oxygen atoms in total. The molecule has 0 bridgehead atoms. The van der Waals surface area contributed by atoms with Gasteiger partial charge in [-0.05, 0) is 30.5 Å². The monoisotopic (exact) mass is 356 g/mol. The van der Waals surface area contributed by atoms with Gasteiger partial charge >= 0.3 is 0 Å². The van der Waals surface area contributed by atoms with Gasteiger partial charge in [0.15, 0.2) is 11.5 Å². The zero-order valence-corrected chi connectivity index (χ0v) is 14.7. The first-order chi connectivity index (χ1) is 11.2. The van der Waals surface area contributed by atoms with Crippen molar-refractivity contribution in [1.29, 1.82) is 0 Å². The third-order valence-electron chi connectivity index (χ3n) is 4.52. The first-order valence-electron chi connectivity index (χ1n) is 8.14. The van der Waals surface area contributed by atoms with Crippen molar-refractivity contribution in [2.75, 3.05) is 33.4 Å². The summed E-state index contributed by atoms with van der Waals surface area (Å²) in [6, 6.07) is 6.05. The van der Waals surface area contributed by atoms with Crippen LogP contribution in [0.2, 0.25) is 0 Å². The number of nitrogens with zero attached hydrogens (tertiary/aromatic N) is 1. The van der Waals surface area contributed by atoms with E-state index in [0.717, 1.165) is 36.4 Å². The number of hydrogen-bond donors (Lipinski definition) is 1. The van der Waals surface area contributed by atoms with Gasteiger partial charge in [0.25, 0.3) is 0 Å². The van der Waals surface area contributed by atoms with Crippen molar-refractivity contribution < 1.29 is 19.0 Å². The van der Waals surface area contributed by atoms with Crippen LogP contribution in [-0.4, -0.2) is 50.3 Å². The summed E-state index contributed by atoms with van der Waals surface area (Å²) in [7, 11) is 1.59. The van der Waals surface area contributed by atoms with E-state index in [-0.39, 0.29) is 30.5 Å². The molecule has 3 rings (SSSR count). The van der Waals surface area contributed by atoms with Gasteiger partial charge in [-0.3, -0.25) is 4.79 Å². The first-order valence-corrected chi connectivity index (χ1v) is 8.14. The standard InChI is InChI=1S/C17H24N2O4.ClH/c1-21-13(11-18)10-17(20)19-6-2-3-14(19)12-4-5-15-16(9-12)23-8-7-22-15;/h4-5,9,13-14H,2-3,6-8,10-11,18H2,1H3;1H. The van der Waals surface area contributed by atoms with Crippen molar-refractivity contribution >= 4 is 18.3 Å². The molecule has 2 aliphatic rings. The summed E-state index contributed by atoms with van der Waals surface area (Å²) in [4.78, 5) is 14.5. The highest BCUT2D eigenvalue weighted by Gasteiger charge is 2.31. The second-order valence-corrected chi connectivity index (χ2v) is 5.95. The molecule has 1 amide bonds. The molecule has 1 aromatic rings. The van der Waals surface area contributed by atoms with Gasteiger partial charge in [-0.1, -0.05) is 6.07 Å². The summed E-state index contributed by atoms with van der Waals surface area (Å²) < 4.78 is 16.5. The lowest BCUT2D eigenvalue weighted by molar-refractivity contribution is -0.134. The topological polar surface area (TPSA) is 74.0 Å². The fourth-order valence-electron chi connectivity index (χ4n) is 3.25. The SMILES string of the molecule is COC(CN)CC(=O)N1CCCC1c1ccc2c(c1)OCCO2.Cl. The van der Waals surface area contributed by atoms with E-state index in [2.05, 4.69) is 0 Å². The number of rotatable bonds is 5. The number of ether oxygens (including phenoxy) is 3. The second-order valence-electron chi connectivity index (χ2n) is 5.95. The van der Waals surface area contributed by atoms with Gasteiger partial charge in [-0.15, -0.1) is 12.4 Å². The second kappa shape index (κ2) is 8.55. The van der Waals surface area contributed by atoms with E-state index in [1.165, 1.54) is 0 Å². The average molecular weight is 357 g/mol. The number of nitrogens with two attached hydrogens (primary N) is 1. The number of halogens is 1. The maximum atomic E-state index is 12.6. The van der Waals surface area contributed by atoms with Crippen LogP contribution in [0, 0.1) is 0 Å². The minimum atomic E-state index is -0.219. The molecule has 134 valence electrons. The Labute approximate surface area is 148 Å². The van der Waals surface area contributed by atoms with Crippen LogP contribution < -0.4 is 15.2 Å². The van der Waals surface area contributed by atoms with Crippen molar-refractivity contribution in [3.05, 3.63) is 23.8 Å². The first kappa shape index (κ1) is 18.8. The van der Waals surface area contributed by atoms with Crippen LogP contribution in [0.15, 0.2) is 18.2 Å². The molecule has 24 heavy (non-hydrogen) atoms. The van der Waals surface area contributed by atoms with Gasteiger partial charge in [-0.2, -0.15) is 0 Å². The Balaban J connectivity index is 0.00000208. The van der Waals surface area contributed by atoms with Crippen LogP contribution in [-0.2, 0) is 9.53 Å². The molecule has 7 heteroatoms. The number of methoxy groups -OCH3 is 1. The lowest BCUT2D eigenvalue weighted by atomic mass is 10.0. The molecule has 2 aliphatic heterocycles. The molecule has 0 radical (unpaired) electrons. The Bertz CT molecular complexity index is 566. The smallest absolute Gasteiger partial charge is 0.225 e. The van der Waals surface area contributed by atoms with Crippen molar-refractivity contribution in [2.45, 2.75) is 31.4 Å². The van der Waals surface area contributed by atoms with Crippen LogP contribution in [0.5, 0.6) is 11.5 Å². The van der Waals surface area contributed by atoms with Crippen molar-refractivity contribution in [3.8, 4) is 11.5 Å². The van der Waals surface area contributed by atoms with Gasteiger partial charge in [0.05, 0.1) is 18.6 Å². The molecule has 2 atom stereocenters. The number of carbonyl (C=O) groups is 1. The summed E-state index contributed by atoms with van der Waals surface area (Å²) >= 11 is 0. The third-order valence-corrected chi connectivity index (χ3v) is 4.52. The molecule has 1 aromatic carbocycles. The summed E-state index contributed by atoms with van der Waals surface area (Å²) in [5.74, 6) is 1.64. The van der Waals surface area contributed by atoms with Gasteiger partial charge in [0.2, 0.25) is 5.91 Å². The Kier molecular flexibility index (Phi) is 6.71. The fraction of sp³-hybridized carbons (Fsp3) is 0.588. The Hall–Kier alpha value is -1.50. The van der Waals surface area contributed by atoms with E-state index in [9.17, 15) is 4.79 Å². The predicted molar refractivity (Wildman–Crippen MR) is 92.8 cm³/mol. The zero-order chi connectivity index (χ0) is 16.2. The molecule has 1 fully saturated rings. The Morgan fingerprint density at radius 1 is 1.38 bits per heavy atom. The Morgan fingerprint density at radius 3 is 2.83 bits per heavy atom. The molecule has 0 spiro atoms. The van der Waals surface area contributed by atoms with E-state index < -0.39 is 0 Å². The van der Waals surface area contributed by atoms with Crippen molar-refractivity contribution in [3.63, 3.8) is 0 Å². The van der Waals surface area contributed by atoms with Gasteiger partial charge in [0, 0.05) is 20.2 Å². The zero-order valence-electron chi connectivity index (χ0n) is 13.9. The largest absolute Gasteiger partial charge is 0.486 e. The maximum Gasteiger partial charge on any atom is 0.225 e. The number of amides is 1. The number of benzene rings is 1. The maximum absolute atomic E-state index is 12.6. The number of hydrogen-bond acceptors (Lipinski definition) is 5. The fourth-order valence-corrected chi connectivity index (χ4v) is 3.25. The number of carbonyl (C=O) groups excluding carboxylic acids is 1. The van der Waals surface area contributed by atoms with Crippen LogP contribution in [0.3, 0.4) is 0 Å². The highest BCUT2D eigenvalue weighted by atomic mass is 35.5. The van der Waals surface area contributed by atoms with Crippen molar-refractivity contribution in [1.82, 2.24) is 4.90 Å². The highest BCUT2D eigenvalue weighted by molar-refractivity contribution is 5.85. The molecular formula is C17H25ClN2O4. The summed E-state index contributed by atoms with van der Waals surface area (Å²) in [6.45, 7) is 2.28. The van der Waals surface area contributed by atoms with Crippen molar-refractivity contribution in [2.24, 2.45) is 5.73 Å². The number of fused-ring (bicyclic) bond motifs is 1. The predicted octanol–water partition coefficient (Wildman–Crippen LogP) is 1.91. The van der Waals surface area contributed by atoms with Crippen LogP contribution in [0.1, 0.15) is 30.9 Å².